The van der Waals surface area contributed by atoms with Crippen LogP contribution >= 0.6 is 27.5 Å². The van der Waals surface area contributed by atoms with Crippen LogP contribution in [-0.4, -0.2) is 18.4 Å². The zero-order chi connectivity index (χ0) is 22.5. The highest BCUT2D eigenvalue weighted by Gasteiger charge is 2.11. The molecule has 0 heterocycles. The Morgan fingerprint density at radius 3 is 2.41 bits per heavy atom. The molecule has 0 aromatic heterocycles. The highest BCUT2D eigenvalue weighted by molar-refractivity contribution is 9.10. The van der Waals surface area contributed by atoms with Gasteiger partial charge >= 0.3 is 0 Å². The third-order valence-electron chi connectivity index (χ3n) is 4.68. The zero-order valence-electron chi connectivity index (χ0n) is 16.8. The summed E-state index contributed by atoms with van der Waals surface area (Å²) in [7, 11) is 0. The van der Waals surface area contributed by atoms with Gasteiger partial charge in [0.1, 0.15) is 5.75 Å². The van der Waals surface area contributed by atoms with Gasteiger partial charge in [-0.3, -0.25) is 9.59 Å². The Bertz CT molecular complexity index is 1310. The van der Waals surface area contributed by atoms with Crippen LogP contribution in [-0.2, 0) is 4.79 Å². The molecule has 4 rings (SSSR count). The summed E-state index contributed by atoms with van der Waals surface area (Å²) in [5.41, 5.74) is 1.49. The molecule has 7 heteroatoms. The predicted molar refractivity (Wildman–Crippen MR) is 132 cm³/mol. The maximum atomic E-state index is 12.5. The van der Waals surface area contributed by atoms with E-state index in [1.54, 1.807) is 48.5 Å². The van der Waals surface area contributed by atoms with E-state index in [1.807, 2.05) is 36.4 Å². The Hall–Kier alpha value is -3.35. The van der Waals surface area contributed by atoms with Crippen molar-refractivity contribution in [1.82, 2.24) is 0 Å². The summed E-state index contributed by atoms with van der Waals surface area (Å²) in [6.45, 7) is -0.171. The molecule has 0 aliphatic carbocycles. The Morgan fingerprint density at radius 2 is 1.59 bits per heavy atom. The molecule has 4 aromatic rings. The van der Waals surface area contributed by atoms with Crippen molar-refractivity contribution in [3.8, 4) is 5.75 Å². The fourth-order valence-corrected chi connectivity index (χ4v) is 3.97. The molecule has 0 unspecified atom stereocenters. The summed E-state index contributed by atoms with van der Waals surface area (Å²) in [6.07, 6.45) is 0. The number of carbonyl (C=O) groups excluding carboxylic acids is 2. The van der Waals surface area contributed by atoms with Crippen LogP contribution < -0.4 is 15.4 Å². The molecule has 0 aliphatic heterocycles. The molecule has 0 saturated heterocycles. The van der Waals surface area contributed by atoms with Gasteiger partial charge in [0.15, 0.2) is 6.61 Å². The lowest BCUT2D eigenvalue weighted by Crippen LogP contribution is -2.20. The number of carbonyl (C=O) groups is 2. The lowest BCUT2D eigenvalue weighted by molar-refractivity contribution is -0.118. The van der Waals surface area contributed by atoms with Gasteiger partial charge in [-0.15, -0.1) is 0 Å². The van der Waals surface area contributed by atoms with Crippen LogP contribution in [0.5, 0.6) is 5.75 Å². The second-order valence-electron chi connectivity index (χ2n) is 6.98. The van der Waals surface area contributed by atoms with Crippen LogP contribution in [0, 0.1) is 0 Å². The number of fused-ring (bicyclic) bond motifs is 1. The summed E-state index contributed by atoms with van der Waals surface area (Å²) in [5, 5.41) is 8.14. The minimum atomic E-state index is -0.336. The number of ether oxygens (including phenoxy) is 1. The number of rotatable bonds is 6. The maximum Gasteiger partial charge on any atom is 0.262 e. The highest BCUT2D eigenvalue weighted by atomic mass is 79.9. The maximum absolute atomic E-state index is 12.5. The Morgan fingerprint density at radius 1 is 0.844 bits per heavy atom. The largest absolute Gasteiger partial charge is 0.483 e. The summed E-state index contributed by atoms with van der Waals surface area (Å²) < 4.78 is 6.49. The number of amides is 2. The Balaban J connectivity index is 1.38. The fraction of sp³-hybridized carbons (Fsp3) is 0.0400. The molecule has 2 N–H and O–H groups in total. The van der Waals surface area contributed by atoms with Gasteiger partial charge in [0.05, 0.1) is 4.47 Å². The molecule has 0 fully saturated rings. The number of benzene rings is 4. The Kier molecular flexibility index (Phi) is 6.73. The molecule has 0 bridgehead atoms. The van der Waals surface area contributed by atoms with Crippen molar-refractivity contribution in [3.63, 3.8) is 0 Å². The van der Waals surface area contributed by atoms with Crippen molar-refractivity contribution in [3.05, 3.63) is 100.0 Å². The molecular weight excluding hydrogens is 492 g/mol. The second-order valence-corrected chi connectivity index (χ2v) is 8.21. The minimum Gasteiger partial charge on any atom is -0.483 e. The average molecular weight is 510 g/mol. The Labute approximate surface area is 198 Å². The van der Waals surface area contributed by atoms with E-state index >= 15 is 0 Å². The molecule has 0 spiro atoms. The summed E-state index contributed by atoms with van der Waals surface area (Å²) in [4.78, 5) is 24.9. The summed E-state index contributed by atoms with van der Waals surface area (Å²) >= 11 is 9.50. The lowest BCUT2D eigenvalue weighted by Gasteiger charge is -2.11. The SMILES string of the molecule is O=C(COc1ccc2ccccc2c1Br)Nc1cccc(C(=O)Nc2cccc(Cl)c2)c1. The first-order chi connectivity index (χ1) is 15.5. The lowest BCUT2D eigenvalue weighted by atomic mass is 10.1. The molecule has 0 radical (unpaired) electrons. The van der Waals surface area contributed by atoms with Crippen LogP contribution in [0.3, 0.4) is 0 Å². The van der Waals surface area contributed by atoms with E-state index in [1.165, 1.54) is 0 Å². The first-order valence-electron chi connectivity index (χ1n) is 9.76. The molecular formula is C25H18BrClN2O3. The first-order valence-corrected chi connectivity index (χ1v) is 10.9. The van der Waals surface area contributed by atoms with E-state index in [-0.39, 0.29) is 18.4 Å². The topological polar surface area (TPSA) is 67.4 Å². The third-order valence-corrected chi connectivity index (χ3v) is 5.73. The number of hydrogen-bond acceptors (Lipinski definition) is 3. The van der Waals surface area contributed by atoms with Crippen molar-refractivity contribution in [2.24, 2.45) is 0 Å². The molecule has 0 aliphatic rings. The molecule has 5 nitrogen and oxygen atoms in total. The zero-order valence-corrected chi connectivity index (χ0v) is 19.1. The van der Waals surface area contributed by atoms with E-state index in [4.69, 9.17) is 16.3 Å². The van der Waals surface area contributed by atoms with Gasteiger partial charge in [-0.05, 0) is 69.2 Å². The summed E-state index contributed by atoms with van der Waals surface area (Å²) in [6, 6.07) is 25.2. The smallest absolute Gasteiger partial charge is 0.262 e. The van der Waals surface area contributed by atoms with Gasteiger partial charge in [-0.25, -0.2) is 0 Å². The molecule has 2 amide bonds. The van der Waals surface area contributed by atoms with E-state index in [2.05, 4.69) is 26.6 Å². The number of hydrogen-bond donors (Lipinski definition) is 2. The van der Waals surface area contributed by atoms with Crippen LogP contribution in [0.2, 0.25) is 5.02 Å². The van der Waals surface area contributed by atoms with Crippen LogP contribution in [0.4, 0.5) is 11.4 Å². The van der Waals surface area contributed by atoms with Gasteiger partial charge in [0.2, 0.25) is 0 Å². The van der Waals surface area contributed by atoms with E-state index in [0.29, 0.717) is 27.7 Å². The van der Waals surface area contributed by atoms with E-state index < -0.39 is 0 Å². The van der Waals surface area contributed by atoms with E-state index in [9.17, 15) is 9.59 Å². The van der Waals surface area contributed by atoms with Gasteiger partial charge in [-0.2, -0.15) is 0 Å². The number of nitrogens with one attached hydrogen (secondary N) is 2. The van der Waals surface area contributed by atoms with Crippen LogP contribution in [0.1, 0.15) is 10.4 Å². The van der Waals surface area contributed by atoms with E-state index in [0.717, 1.165) is 15.2 Å². The molecule has 32 heavy (non-hydrogen) atoms. The number of halogens is 2. The van der Waals surface area contributed by atoms with Crippen molar-refractivity contribution in [1.29, 1.82) is 0 Å². The second kappa shape index (κ2) is 9.85. The van der Waals surface area contributed by atoms with Crippen LogP contribution in [0.15, 0.2) is 89.4 Å². The molecule has 160 valence electrons. The fourth-order valence-electron chi connectivity index (χ4n) is 3.17. The normalized spacial score (nSPS) is 10.6. The average Bonchev–Trinajstić information content (AvgIpc) is 2.79. The van der Waals surface area contributed by atoms with Crippen LogP contribution in [0.25, 0.3) is 10.8 Å². The van der Waals surface area contributed by atoms with Crippen molar-refractivity contribution < 1.29 is 14.3 Å². The van der Waals surface area contributed by atoms with Gasteiger partial charge < -0.3 is 15.4 Å². The third kappa shape index (κ3) is 5.28. The quantitative estimate of drug-likeness (QED) is 0.311. The molecule has 0 saturated carbocycles. The van der Waals surface area contributed by atoms with Gasteiger partial charge in [-0.1, -0.05) is 54.1 Å². The van der Waals surface area contributed by atoms with Crippen molar-refractivity contribution >= 4 is 61.5 Å². The monoisotopic (exact) mass is 508 g/mol. The predicted octanol–water partition coefficient (Wildman–Crippen LogP) is 6.53. The molecule has 0 atom stereocenters. The molecule has 4 aromatic carbocycles. The van der Waals surface area contributed by atoms with Gasteiger partial charge in [0.25, 0.3) is 11.8 Å². The standard InChI is InChI=1S/C25H18BrClN2O3/c26-24-21-10-2-1-5-16(21)11-12-22(24)32-15-23(30)28-19-8-3-6-17(13-19)25(31)29-20-9-4-7-18(27)14-20/h1-14H,15H2,(H,28,30)(H,29,31). The van der Waals surface area contributed by atoms with Crippen molar-refractivity contribution in [2.75, 3.05) is 17.2 Å². The van der Waals surface area contributed by atoms with Gasteiger partial charge in [0, 0.05) is 22.0 Å². The highest BCUT2D eigenvalue weighted by Crippen LogP contribution is 2.33. The minimum absolute atomic E-state index is 0.171. The summed E-state index contributed by atoms with van der Waals surface area (Å²) in [5.74, 6) is -0.0642. The van der Waals surface area contributed by atoms with Crippen molar-refractivity contribution in [2.45, 2.75) is 0 Å². The number of anilines is 2. The first kappa shape index (κ1) is 21.9.